The van der Waals surface area contributed by atoms with E-state index in [4.69, 9.17) is 16.6 Å². The third-order valence-corrected chi connectivity index (χ3v) is 8.96. The molecule has 3 heterocycles. The van der Waals surface area contributed by atoms with Gasteiger partial charge >= 0.3 is 0 Å². The molecule has 1 saturated heterocycles. The fourth-order valence-electron chi connectivity index (χ4n) is 4.53. The maximum absolute atomic E-state index is 13.9. The number of rotatable bonds is 5. The molecule has 37 heavy (non-hydrogen) atoms. The van der Waals surface area contributed by atoms with E-state index in [1.807, 2.05) is 71.6 Å². The van der Waals surface area contributed by atoms with Gasteiger partial charge in [0.25, 0.3) is 5.91 Å². The van der Waals surface area contributed by atoms with Crippen LogP contribution in [0.2, 0.25) is 5.02 Å². The van der Waals surface area contributed by atoms with Crippen molar-refractivity contribution in [3.63, 3.8) is 0 Å². The van der Waals surface area contributed by atoms with Crippen LogP contribution in [0.4, 0.5) is 11.4 Å². The van der Waals surface area contributed by atoms with Crippen LogP contribution in [-0.2, 0) is 11.2 Å². The van der Waals surface area contributed by atoms with E-state index >= 15 is 0 Å². The van der Waals surface area contributed by atoms with Gasteiger partial charge in [0.1, 0.15) is 9.93 Å². The first-order valence-corrected chi connectivity index (χ1v) is 14.1. The maximum Gasteiger partial charge on any atom is 0.269 e. The molecule has 0 unspecified atom stereocenters. The summed E-state index contributed by atoms with van der Waals surface area (Å²) in [5, 5.41) is 3.27. The average Bonchev–Trinajstić information content (AvgIpc) is 3.44. The number of amidine groups is 1. The molecular weight excluding hydrogens is 520 g/mol. The summed E-state index contributed by atoms with van der Waals surface area (Å²) in [6, 6.07) is 26.0. The standard InChI is InChI=1S/C29H23ClN4OS2/c1-2-33-24-18-20(30)13-14-25(24)36-28(33)26-27(35)34(17-15-19-8-4-3-5-9-19)29(37-26)32-23-12-6-11-22-21(23)10-7-16-31-22/h3-14,16,18H,2,15,17H2,1H3/b28-26-,32-29?. The molecule has 0 N–H and O–H groups in total. The molecule has 0 spiro atoms. The van der Waals surface area contributed by atoms with Crippen LogP contribution in [0.1, 0.15) is 12.5 Å². The molecular formula is C29H23ClN4OS2. The van der Waals surface area contributed by atoms with Crippen molar-refractivity contribution in [2.75, 3.05) is 18.0 Å². The summed E-state index contributed by atoms with van der Waals surface area (Å²) >= 11 is 9.38. The lowest BCUT2D eigenvalue weighted by atomic mass is 10.1. The molecule has 1 aromatic heterocycles. The molecule has 8 heteroatoms. The molecule has 1 fully saturated rings. The Kier molecular flexibility index (Phi) is 6.67. The average molecular weight is 543 g/mol. The Labute approximate surface area is 229 Å². The van der Waals surface area contributed by atoms with Crippen molar-refractivity contribution in [1.82, 2.24) is 9.88 Å². The Bertz CT molecular complexity index is 1570. The first-order chi connectivity index (χ1) is 18.1. The van der Waals surface area contributed by atoms with Crippen LogP contribution in [0.25, 0.3) is 10.9 Å². The van der Waals surface area contributed by atoms with Crippen LogP contribution in [0.3, 0.4) is 0 Å². The quantitative estimate of drug-likeness (QED) is 0.244. The monoisotopic (exact) mass is 542 g/mol. The molecule has 5 nitrogen and oxygen atoms in total. The van der Waals surface area contributed by atoms with Crippen molar-refractivity contribution >= 4 is 68.5 Å². The number of amides is 1. The fraction of sp³-hybridized carbons (Fsp3) is 0.138. The smallest absolute Gasteiger partial charge is 0.269 e. The summed E-state index contributed by atoms with van der Waals surface area (Å²) in [7, 11) is 0. The van der Waals surface area contributed by atoms with Gasteiger partial charge in [0.05, 0.1) is 16.9 Å². The number of anilines is 1. The predicted octanol–water partition coefficient (Wildman–Crippen LogP) is 7.50. The molecule has 184 valence electrons. The van der Waals surface area contributed by atoms with Gasteiger partial charge in [-0.25, -0.2) is 4.99 Å². The van der Waals surface area contributed by atoms with Gasteiger partial charge in [0.2, 0.25) is 0 Å². The molecule has 0 bridgehead atoms. The number of pyridine rings is 1. The van der Waals surface area contributed by atoms with Gasteiger partial charge in [0.15, 0.2) is 5.17 Å². The number of fused-ring (bicyclic) bond motifs is 2. The van der Waals surface area contributed by atoms with Crippen molar-refractivity contribution < 1.29 is 4.79 Å². The maximum atomic E-state index is 13.9. The number of carbonyl (C=O) groups is 1. The van der Waals surface area contributed by atoms with E-state index < -0.39 is 0 Å². The zero-order chi connectivity index (χ0) is 25.4. The molecule has 6 rings (SSSR count). The van der Waals surface area contributed by atoms with E-state index in [1.54, 1.807) is 18.0 Å². The number of benzene rings is 3. The lowest BCUT2D eigenvalue weighted by molar-refractivity contribution is -0.122. The second kappa shape index (κ2) is 10.2. The van der Waals surface area contributed by atoms with Crippen LogP contribution in [0, 0.1) is 0 Å². The first kappa shape index (κ1) is 24.1. The summed E-state index contributed by atoms with van der Waals surface area (Å²) in [4.78, 5) is 29.2. The molecule has 0 aliphatic carbocycles. The van der Waals surface area contributed by atoms with Gasteiger partial charge < -0.3 is 4.90 Å². The number of aromatic nitrogens is 1. The van der Waals surface area contributed by atoms with Crippen molar-refractivity contribution in [1.29, 1.82) is 0 Å². The number of halogens is 1. The van der Waals surface area contributed by atoms with Gasteiger partial charge in [-0.1, -0.05) is 59.8 Å². The highest BCUT2D eigenvalue weighted by Crippen LogP contribution is 2.51. The topological polar surface area (TPSA) is 48.8 Å². The summed E-state index contributed by atoms with van der Waals surface area (Å²) in [5.41, 5.74) is 3.90. The Morgan fingerprint density at radius 1 is 0.946 bits per heavy atom. The highest BCUT2D eigenvalue weighted by atomic mass is 35.5. The van der Waals surface area contributed by atoms with Crippen LogP contribution in [-0.4, -0.2) is 34.0 Å². The van der Waals surface area contributed by atoms with Gasteiger partial charge in [-0.05, 0) is 73.1 Å². The Morgan fingerprint density at radius 2 is 1.81 bits per heavy atom. The van der Waals surface area contributed by atoms with Gasteiger partial charge in [0, 0.05) is 34.6 Å². The molecule has 3 aromatic carbocycles. The normalized spacial score (nSPS) is 18.3. The molecule has 0 atom stereocenters. The number of hydrogen-bond acceptors (Lipinski definition) is 6. The van der Waals surface area contributed by atoms with Gasteiger partial charge in [-0.3, -0.25) is 14.7 Å². The zero-order valence-corrected chi connectivity index (χ0v) is 22.5. The minimum absolute atomic E-state index is 0.0158. The number of thioether (sulfide) groups is 2. The molecule has 0 saturated carbocycles. The Hall–Kier alpha value is -3.26. The van der Waals surface area contributed by atoms with E-state index in [-0.39, 0.29) is 5.91 Å². The largest absolute Gasteiger partial charge is 0.334 e. The minimum atomic E-state index is -0.0158. The fourth-order valence-corrected chi connectivity index (χ4v) is 7.09. The van der Waals surface area contributed by atoms with Crippen molar-refractivity contribution in [2.45, 2.75) is 18.2 Å². The van der Waals surface area contributed by atoms with Gasteiger partial charge in [-0.2, -0.15) is 0 Å². The third kappa shape index (κ3) is 4.63. The summed E-state index contributed by atoms with van der Waals surface area (Å²) in [6.07, 6.45) is 2.52. The Balaban J connectivity index is 1.42. The van der Waals surface area contributed by atoms with E-state index in [2.05, 4.69) is 28.9 Å². The van der Waals surface area contributed by atoms with Crippen molar-refractivity contribution in [3.8, 4) is 0 Å². The van der Waals surface area contributed by atoms with E-state index in [0.29, 0.717) is 21.6 Å². The number of carbonyl (C=O) groups excluding carboxylic acids is 1. The highest BCUT2D eigenvalue weighted by Gasteiger charge is 2.39. The van der Waals surface area contributed by atoms with Crippen LogP contribution in [0.15, 0.2) is 105 Å². The number of nitrogens with zero attached hydrogens (tertiary/aromatic N) is 4. The highest BCUT2D eigenvalue weighted by molar-refractivity contribution is 8.19. The van der Waals surface area contributed by atoms with Crippen LogP contribution < -0.4 is 4.90 Å². The predicted molar refractivity (Wildman–Crippen MR) is 156 cm³/mol. The number of hydrogen-bond donors (Lipinski definition) is 0. The summed E-state index contributed by atoms with van der Waals surface area (Å²) in [5.74, 6) is -0.0158. The molecule has 2 aliphatic heterocycles. The second-order valence-corrected chi connectivity index (χ2v) is 11.1. The van der Waals surface area contributed by atoms with Crippen LogP contribution in [0.5, 0.6) is 0 Å². The SMILES string of the molecule is CCN1/C(=C2/SC(=Nc3cccc4ncccc34)N(CCc3ccccc3)C2=O)Sc2ccc(Cl)cc21. The Morgan fingerprint density at radius 3 is 2.65 bits per heavy atom. The summed E-state index contributed by atoms with van der Waals surface area (Å²) < 4.78 is 0. The first-order valence-electron chi connectivity index (χ1n) is 12.1. The third-order valence-electron chi connectivity index (χ3n) is 6.34. The number of aliphatic imine (C=N–C) groups is 1. The van der Waals surface area contributed by atoms with Crippen LogP contribution >= 0.6 is 35.1 Å². The molecule has 2 aliphatic rings. The molecule has 4 aromatic rings. The van der Waals surface area contributed by atoms with Gasteiger partial charge in [-0.15, -0.1) is 0 Å². The minimum Gasteiger partial charge on any atom is -0.334 e. The zero-order valence-electron chi connectivity index (χ0n) is 20.1. The van der Waals surface area contributed by atoms with E-state index in [0.717, 1.165) is 45.2 Å². The van der Waals surface area contributed by atoms with E-state index in [1.165, 1.54) is 17.3 Å². The molecule has 1 amide bonds. The summed E-state index contributed by atoms with van der Waals surface area (Å²) in [6.45, 7) is 3.37. The van der Waals surface area contributed by atoms with Crippen molar-refractivity contribution in [2.24, 2.45) is 4.99 Å². The second-order valence-electron chi connectivity index (χ2n) is 8.63. The lowest BCUT2D eigenvalue weighted by Crippen LogP contribution is -2.32. The van der Waals surface area contributed by atoms with E-state index in [9.17, 15) is 4.79 Å². The van der Waals surface area contributed by atoms with Crippen molar-refractivity contribution in [3.05, 3.63) is 106 Å². The molecule has 0 radical (unpaired) electrons. The lowest BCUT2D eigenvalue weighted by Gasteiger charge is -2.19.